The van der Waals surface area contributed by atoms with Gasteiger partial charge < -0.3 is 24.6 Å². The van der Waals surface area contributed by atoms with Crippen LogP contribution >= 0.6 is 0 Å². The van der Waals surface area contributed by atoms with Crippen LogP contribution in [0.2, 0.25) is 0 Å². The van der Waals surface area contributed by atoms with Gasteiger partial charge in [-0.25, -0.2) is 22.2 Å². The summed E-state index contributed by atoms with van der Waals surface area (Å²) in [4.78, 5) is 22.0. The zero-order valence-corrected chi connectivity index (χ0v) is 24.2. The van der Waals surface area contributed by atoms with Crippen LogP contribution in [-0.4, -0.2) is 68.4 Å². The first kappa shape index (κ1) is 28.7. The number of amides is 1. The van der Waals surface area contributed by atoms with Gasteiger partial charge in [0.05, 0.1) is 29.9 Å². The van der Waals surface area contributed by atoms with Gasteiger partial charge in [0.25, 0.3) is 11.8 Å². The number of aromatic nitrogens is 1. The lowest BCUT2D eigenvalue weighted by Gasteiger charge is -2.35. The molecule has 1 saturated carbocycles. The summed E-state index contributed by atoms with van der Waals surface area (Å²) in [5.41, 5.74) is 2.47. The number of pyridine rings is 1. The van der Waals surface area contributed by atoms with Crippen LogP contribution in [0.4, 0.5) is 31.7 Å². The van der Waals surface area contributed by atoms with Crippen LogP contribution in [0.25, 0.3) is 11.0 Å². The molecular weight excluding hydrogens is 568 g/mol. The molecule has 1 aliphatic carbocycles. The molecular formula is C29H35F2N5O5S. The van der Waals surface area contributed by atoms with Gasteiger partial charge in [0.1, 0.15) is 10.9 Å². The van der Waals surface area contributed by atoms with E-state index >= 15 is 0 Å². The van der Waals surface area contributed by atoms with Crippen molar-refractivity contribution in [2.45, 2.75) is 56.6 Å². The smallest absolute Gasteiger partial charge is 0.274 e. The minimum atomic E-state index is -3.81. The molecule has 4 heterocycles. The van der Waals surface area contributed by atoms with Crippen LogP contribution in [0.3, 0.4) is 0 Å². The van der Waals surface area contributed by atoms with Crippen molar-refractivity contribution >= 4 is 49.8 Å². The molecule has 13 heteroatoms. The molecule has 0 bridgehead atoms. The maximum Gasteiger partial charge on any atom is 0.274 e. The van der Waals surface area contributed by atoms with Crippen LogP contribution in [-0.2, 0) is 10.0 Å². The van der Waals surface area contributed by atoms with Crippen molar-refractivity contribution in [3.05, 3.63) is 42.3 Å². The molecule has 10 nitrogen and oxygen atoms in total. The van der Waals surface area contributed by atoms with E-state index in [9.17, 15) is 27.1 Å². The first-order valence-electron chi connectivity index (χ1n) is 14.3. The Balaban J connectivity index is 1.29. The number of alkyl halides is 2. The third kappa shape index (κ3) is 5.76. The Morgan fingerprint density at radius 1 is 1.05 bits per heavy atom. The number of piperidine rings is 2. The van der Waals surface area contributed by atoms with Gasteiger partial charge in [-0.3, -0.25) is 9.52 Å². The maximum absolute atomic E-state index is 13.8. The number of benzene rings is 1. The molecule has 1 amide bonds. The molecule has 2 saturated heterocycles. The molecule has 1 spiro atoms. The number of nitrogens with zero attached hydrogens (tertiary/aromatic N) is 3. The van der Waals surface area contributed by atoms with Gasteiger partial charge >= 0.3 is 0 Å². The Labute approximate surface area is 243 Å². The van der Waals surface area contributed by atoms with Crippen molar-refractivity contribution < 1.29 is 31.5 Å². The average molecular weight is 604 g/mol. The van der Waals surface area contributed by atoms with Gasteiger partial charge in [-0.1, -0.05) is 0 Å². The summed E-state index contributed by atoms with van der Waals surface area (Å²) in [6, 6.07) is 8.23. The number of aliphatic hydroxyl groups excluding tert-OH is 1. The maximum atomic E-state index is 13.8. The van der Waals surface area contributed by atoms with Crippen molar-refractivity contribution in [3.8, 4) is 0 Å². The molecule has 3 N–H and O–H groups in total. The fraction of sp³-hybridized carbons (Fsp3) is 0.517. The van der Waals surface area contributed by atoms with E-state index in [1.54, 1.807) is 35.2 Å². The van der Waals surface area contributed by atoms with Gasteiger partial charge in [-0.05, 0) is 68.4 Å². The number of anilines is 4. The molecule has 2 aromatic heterocycles. The second-order valence-electron chi connectivity index (χ2n) is 11.8. The van der Waals surface area contributed by atoms with Crippen LogP contribution in [0.15, 0.2) is 41.0 Å². The number of fused-ring (bicyclic) bond motifs is 1. The molecule has 42 heavy (non-hydrogen) atoms. The minimum absolute atomic E-state index is 0.0910. The molecule has 0 unspecified atom stereocenters. The van der Waals surface area contributed by atoms with Crippen LogP contribution < -0.4 is 19.8 Å². The van der Waals surface area contributed by atoms with E-state index in [1.165, 1.54) is 26.0 Å². The molecule has 3 aromatic rings. The summed E-state index contributed by atoms with van der Waals surface area (Å²) in [6.45, 7) is 2.64. The predicted octanol–water partition coefficient (Wildman–Crippen LogP) is 4.82. The third-order valence-corrected chi connectivity index (χ3v) is 10.6. The van der Waals surface area contributed by atoms with Crippen LogP contribution in [0.5, 0.6) is 0 Å². The molecule has 1 atom stereocenters. The van der Waals surface area contributed by atoms with Gasteiger partial charge in [-0.15, -0.1) is 0 Å². The SMILES string of the molecule is C[C@H](CO)S(=O)(=O)Nc1ccc(NC(=O)c2cc3ccoc3c(N3CCC(F)(F)CC3)n2)c(N2CCC3(CC2)CC3)c1. The van der Waals surface area contributed by atoms with Crippen molar-refractivity contribution in [1.82, 2.24) is 4.98 Å². The number of carbonyl (C=O) groups is 1. The number of rotatable bonds is 8. The fourth-order valence-corrected chi connectivity index (χ4v) is 6.60. The Kier molecular flexibility index (Phi) is 7.28. The third-order valence-electron chi connectivity index (χ3n) is 8.86. The number of furan rings is 1. The summed E-state index contributed by atoms with van der Waals surface area (Å²) >= 11 is 0. The standard InChI is InChI=1S/C29H35F2N5O5S/c1-19(18-37)42(39,40)34-21-2-3-22(24(17-21)35-11-7-28(5-6-28)8-12-35)33-27(38)23-16-20-4-15-41-25(20)26(32-23)36-13-9-29(30,31)10-14-36/h2-4,15-17,19,34,37H,5-14,18H2,1H3,(H,33,38)/t19-/m1/s1. The molecule has 6 rings (SSSR count). The summed E-state index contributed by atoms with van der Waals surface area (Å²) < 4.78 is 61.1. The normalized spacial score (nSPS) is 20.5. The number of nitrogens with one attached hydrogen (secondary N) is 2. The molecule has 2 aliphatic heterocycles. The Morgan fingerprint density at radius 2 is 1.74 bits per heavy atom. The van der Waals surface area contributed by atoms with E-state index in [-0.39, 0.29) is 31.6 Å². The number of hydrogen-bond donors (Lipinski definition) is 3. The van der Waals surface area contributed by atoms with Crippen molar-refractivity contribution in [2.75, 3.05) is 52.6 Å². The van der Waals surface area contributed by atoms with Crippen molar-refractivity contribution in [2.24, 2.45) is 5.41 Å². The van der Waals surface area contributed by atoms with Gasteiger partial charge in [-0.2, -0.15) is 0 Å². The van der Waals surface area contributed by atoms with Crippen molar-refractivity contribution in [3.63, 3.8) is 0 Å². The van der Waals surface area contributed by atoms with Gasteiger partial charge in [0.2, 0.25) is 10.0 Å². The first-order valence-corrected chi connectivity index (χ1v) is 15.9. The van der Waals surface area contributed by atoms with Crippen LogP contribution in [0.1, 0.15) is 55.9 Å². The highest BCUT2D eigenvalue weighted by molar-refractivity contribution is 7.93. The molecule has 1 aromatic carbocycles. The molecule has 3 aliphatic rings. The summed E-state index contributed by atoms with van der Waals surface area (Å²) in [5.74, 6) is -2.86. The molecule has 226 valence electrons. The quantitative estimate of drug-likeness (QED) is 0.335. The van der Waals surface area contributed by atoms with Crippen LogP contribution in [0, 0.1) is 5.41 Å². The summed E-state index contributed by atoms with van der Waals surface area (Å²) in [7, 11) is -3.81. The highest BCUT2D eigenvalue weighted by Gasteiger charge is 2.44. The van der Waals surface area contributed by atoms with Gasteiger partial charge in [0.15, 0.2) is 11.4 Å². The topological polar surface area (TPSA) is 128 Å². The van der Waals surface area contributed by atoms with Crippen molar-refractivity contribution in [1.29, 1.82) is 0 Å². The number of carbonyl (C=O) groups excluding carboxylic acids is 1. The average Bonchev–Trinajstić information content (AvgIpc) is 3.53. The monoisotopic (exact) mass is 603 g/mol. The van der Waals surface area contributed by atoms with E-state index in [0.29, 0.717) is 39.3 Å². The number of aliphatic hydroxyl groups is 1. The zero-order chi connectivity index (χ0) is 29.7. The van der Waals surface area contributed by atoms with E-state index < -0.39 is 33.7 Å². The molecule has 0 radical (unpaired) electrons. The Morgan fingerprint density at radius 3 is 2.40 bits per heavy atom. The Hall–Kier alpha value is -3.45. The lowest BCUT2D eigenvalue weighted by molar-refractivity contribution is -0.0221. The zero-order valence-electron chi connectivity index (χ0n) is 23.4. The summed E-state index contributed by atoms with van der Waals surface area (Å²) in [5, 5.41) is 12.0. The lowest BCUT2D eigenvalue weighted by atomic mass is 9.93. The van der Waals surface area contributed by atoms with Gasteiger partial charge in [0, 0.05) is 44.4 Å². The Bertz CT molecular complexity index is 1590. The second-order valence-corrected chi connectivity index (χ2v) is 13.9. The number of sulfonamides is 1. The van der Waals surface area contributed by atoms with E-state index in [0.717, 1.165) is 25.9 Å². The second kappa shape index (κ2) is 10.7. The highest BCUT2D eigenvalue weighted by Crippen LogP contribution is 2.54. The van der Waals surface area contributed by atoms with E-state index in [2.05, 4.69) is 19.9 Å². The lowest BCUT2D eigenvalue weighted by Crippen LogP contribution is -2.40. The first-order chi connectivity index (χ1) is 20.0. The van der Waals surface area contributed by atoms with E-state index in [1.807, 2.05) is 0 Å². The number of halogens is 2. The number of hydrogen-bond acceptors (Lipinski definition) is 8. The fourth-order valence-electron chi connectivity index (χ4n) is 5.75. The predicted molar refractivity (Wildman–Crippen MR) is 157 cm³/mol. The summed E-state index contributed by atoms with van der Waals surface area (Å²) in [6.07, 6.45) is 5.37. The van der Waals surface area contributed by atoms with E-state index in [4.69, 9.17) is 4.42 Å². The minimum Gasteiger partial charge on any atom is -0.460 e. The largest absolute Gasteiger partial charge is 0.460 e. The highest BCUT2D eigenvalue weighted by atomic mass is 32.2. The molecule has 3 fully saturated rings.